The van der Waals surface area contributed by atoms with Crippen molar-refractivity contribution in [2.45, 2.75) is 72.3 Å². The highest BCUT2D eigenvalue weighted by Gasteiger charge is 2.56. The van der Waals surface area contributed by atoms with E-state index in [0.717, 1.165) is 50.4 Å². The zero-order chi connectivity index (χ0) is 18.8. The molecule has 0 amide bonds. The normalized spacial score (nSPS) is 37.9. The fourth-order valence-electron chi connectivity index (χ4n) is 5.69. The maximum atomic E-state index is 11.7. The highest BCUT2D eigenvalue weighted by molar-refractivity contribution is 5.82. The Labute approximate surface area is 152 Å². The monoisotopic (exact) mass is 350 g/mol. The smallest absolute Gasteiger partial charge is 0.330 e. The molecular weight excluding hydrogens is 316 g/mol. The van der Waals surface area contributed by atoms with Crippen LogP contribution in [-0.2, 0) is 14.3 Å². The first-order valence-corrected chi connectivity index (χ1v) is 9.55. The number of carbonyl (C=O) groups excluding carboxylic acids is 2. The zero-order valence-corrected chi connectivity index (χ0v) is 16.4. The summed E-state index contributed by atoms with van der Waals surface area (Å²) in [5.74, 6) is 0.490. The van der Waals surface area contributed by atoms with E-state index in [-0.39, 0.29) is 28.8 Å². The Morgan fingerprint density at radius 2 is 1.92 bits per heavy atom. The van der Waals surface area contributed by atoms with Crippen molar-refractivity contribution in [3.63, 3.8) is 0 Å². The van der Waals surface area contributed by atoms with E-state index in [0.29, 0.717) is 11.8 Å². The average molecular weight is 350 g/mol. The number of methoxy groups -OCH3 is 1. The predicted molar refractivity (Wildman–Crippen MR) is 97.9 cm³/mol. The molecule has 5 atom stereocenters. The molecule has 2 aliphatic carbocycles. The summed E-state index contributed by atoms with van der Waals surface area (Å²) in [7, 11) is 1.39. The van der Waals surface area contributed by atoms with Gasteiger partial charge in [-0.25, -0.2) is 4.79 Å². The number of rotatable bonds is 5. The van der Waals surface area contributed by atoms with E-state index < -0.39 is 0 Å². The third-order valence-electron chi connectivity index (χ3n) is 7.25. The van der Waals surface area contributed by atoms with Crippen LogP contribution in [-0.4, -0.2) is 30.6 Å². The first-order valence-electron chi connectivity index (χ1n) is 9.55. The highest BCUT2D eigenvalue weighted by atomic mass is 16.5. The molecule has 2 saturated carbocycles. The Hall–Kier alpha value is -1.16. The second-order valence-electron chi connectivity index (χ2n) is 8.97. The van der Waals surface area contributed by atoms with E-state index in [1.54, 1.807) is 6.08 Å². The third kappa shape index (κ3) is 3.84. The van der Waals surface area contributed by atoms with Gasteiger partial charge < -0.3 is 14.6 Å². The van der Waals surface area contributed by atoms with Crippen LogP contribution < -0.4 is 0 Å². The topological polar surface area (TPSA) is 63.6 Å². The molecule has 0 saturated heterocycles. The van der Waals surface area contributed by atoms with E-state index in [1.807, 2.05) is 6.92 Å². The van der Waals surface area contributed by atoms with Gasteiger partial charge in [-0.1, -0.05) is 26.3 Å². The Morgan fingerprint density at radius 1 is 1.24 bits per heavy atom. The summed E-state index contributed by atoms with van der Waals surface area (Å²) in [4.78, 5) is 23.2. The maximum Gasteiger partial charge on any atom is 0.330 e. The Morgan fingerprint density at radius 3 is 2.52 bits per heavy atom. The molecule has 2 rings (SSSR count). The molecule has 2 fully saturated rings. The molecule has 0 bridgehead atoms. The number of esters is 1. The number of hydrogen-bond acceptors (Lipinski definition) is 4. The van der Waals surface area contributed by atoms with Crippen molar-refractivity contribution in [1.29, 1.82) is 0 Å². The first kappa shape index (κ1) is 20.2. The molecule has 25 heavy (non-hydrogen) atoms. The number of allylic oxidation sites excluding steroid dienone is 1. The SMILES string of the molecule is COC(=O)C=C(C)CCC1C(C=O)CCC2C(C)(C)C(O)CCC12C. The Balaban J connectivity index is 2.22. The van der Waals surface area contributed by atoms with Gasteiger partial charge in [0.2, 0.25) is 0 Å². The van der Waals surface area contributed by atoms with Crippen LogP contribution in [0.4, 0.5) is 0 Å². The lowest BCUT2D eigenvalue weighted by atomic mass is 9.45. The Kier molecular flexibility index (Phi) is 6.13. The minimum absolute atomic E-state index is 0.0676. The molecule has 0 radical (unpaired) electrons. The fraction of sp³-hybridized carbons (Fsp3) is 0.810. The molecular formula is C21H34O4. The van der Waals surface area contributed by atoms with Crippen molar-refractivity contribution in [3.05, 3.63) is 11.6 Å². The fourth-order valence-corrected chi connectivity index (χ4v) is 5.69. The molecule has 4 nitrogen and oxygen atoms in total. The molecule has 0 spiro atoms. The summed E-state index contributed by atoms with van der Waals surface area (Å²) in [5, 5.41) is 10.5. The lowest BCUT2D eigenvalue weighted by Crippen LogP contribution is -2.56. The van der Waals surface area contributed by atoms with Gasteiger partial charge in [-0.3, -0.25) is 0 Å². The summed E-state index contributed by atoms with van der Waals surface area (Å²) in [6.45, 7) is 8.63. The number of fused-ring (bicyclic) bond motifs is 1. The van der Waals surface area contributed by atoms with Gasteiger partial charge in [0.15, 0.2) is 0 Å². The average Bonchev–Trinajstić information content (AvgIpc) is 2.56. The van der Waals surface area contributed by atoms with E-state index in [9.17, 15) is 14.7 Å². The van der Waals surface area contributed by atoms with Gasteiger partial charge in [0.05, 0.1) is 13.2 Å². The third-order valence-corrected chi connectivity index (χ3v) is 7.25. The van der Waals surface area contributed by atoms with Crippen LogP contribution in [0.25, 0.3) is 0 Å². The van der Waals surface area contributed by atoms with Gasteiger partial charge in [0.1, 0.15) is 6.29 Å². The number of aliphatic hydroxyl groups is 1. The second-order valence-corrected chi connectivity index (χ2v) is 8.97. The zero-order valence-electron chi connectivity index (χ0n) is 16.4. The van der Waals surface area contributed by atoms with Gasteiger partial charge in [0.25, 0.3) is 0 Å². The van der Waals surface area contributed by atoms with Crippen LogP contribution in [0.5, 0.6) is 0 Å². The predicted octanol–water partition coefficient (Wildman–Crippen LogP) is 3.91. The number of aldehydes is 1. The first-order chi connectivity index (χ1) is 11.7. The van der Waals surface area contributed by atoms with Crippen molar-refractivity contribution in [2.24, 2.45) is 28.6 Å². The van der Waals surface area contributed by atoms with Crippen LogP contribution in [0.1, 0.15) is 66.2 Å². The summed E-state index contributed by atoms with van der Waals surface area (Å²) >= 11 is 0. The van der Waals surface area contributed by atoms with Crippen molar-refractivity contribution < 1.29 is 19.4 Å². The van der Waals surface area contributed by atoms with Crippen LogP contribution in [0.3, 0.4) is 0 Å². The van der Waals surface area contributed by atoms with Gasteiger partial charge in [-0.2, -0.15) is 0 Å². The molecule has 0 aromatic heterocycles. The minimum atomic E-state index is -0.320. The molecule has 2 aliphatic rings. The summed E-state index contributed by atoms with van der Waals surface area (Å²) in [6, 6.07) is 0. The molecule has 1 N–H and O–H groups in total. The maximum absolute atomic E-state index is 11.7. The molecule has 0 aliphatic heterocycles. The molecule has 0 aromatic carbocycles. The van der Waals surface area contributed by atoms with Gasteiger partial charge in [-0.05, 0) is 68.1 Å². The molecule has 0 aromatic rings. The van der Waals surface area contributed by atoms with Gasteiger partial charge in [-0.15, -0.1) is 0 Å². The minimum Gasteiger partial charge on any atom is -0.466 e. The van der Waals surface area contributed by atoms with E-state index >= 15 is 0 Å². The number of aliphatic hydroxyl groups excluding tert-OH is 1. The highest BCUT2D eigenvalue weighted by Crippen LogP contribution is 2.61. The van der Waals surface area contributed by atoms with Gasteiger partial charge >= 0.3 is 5.97 Å². The van der Waals surface area contributed by atoms with Crippen molar-refractivity contribution in [1.82, 2.24) is 0 Å². The van der Waals surface area contributed by atoms with Crippen LogP contribution >= 0.6 is 0 Å². The summed E-state index contributed by atoms with van der Waals surface area (Å²) in [5.41, 5.74) is 0.950. The van der Waals surface area contributed by atoms with E-state index in [2.05, 4.69) is 20.8 Å². The Bertz CT molecular complexity index is 536. The van der Waals surface area contributed by atoms with Gasteiger partial charge in [0, 0.05) is 12.0 Å². The van der Waals surface area contributed by atoms with Crippen molar-refractivity contribution >= 4 is 12.3 Å². The van der Waals surface area contributed by atoms with Crippen LogP contribution in [0.2, 0.25) is 0 Å². The number of hydrogen-bond donors (Lipinski definition) is 1. The van der Waals surface area contributed by atoms with Crippen LogP contribution in [0.15, 0.2) is 11.6 Å². The number of carbonyl (C=O) groups is 2. The molecule has 4 heteroatoms. The lowest BCUT2D eigenvalue weighted by molar-refractivity contribution is -0.155. The largest absolute Gasteiger partial charge is 0.466 e. The standard InChI is InChI=1S/C21H34O4/c1-14(12-19(24)25-5)6-8-16-15(13-22)7-9-17-20(2,3)18(23)10-11-21(16,17)4/h12-13,15-18,23H,6-11H2,1-5H3. The second kappa shape index (κ2) is 7.61. The molecule has 5 unspecified atom stereocenters. The van der Waals surface area contributed by atoms with E-state index in [4.69, 9.17) is 4.74 Å². The number of ether oxygens (including phenoxy) is 1. The van der Waals surface area contributed by atoms with E-state index in [1.165, 1.54) is 7.11 Å². The molecule has 142 valence electrons. The summed E-state index contributed by atoms with van der Waals surface area (Å²) in [6.07, 6.45) is 7.83. The lowest BCUT2D eigenvalue weighted by Gasteiger charge is -2.60. The van der Waals surface area contributed by atoms with Crippen molar-refractivity contribution in [2.75, 3.05) is 7.11 Å². The quantitative estimate of drug-likeness (QED) is 0.464. The van der Waals surface area contributed by atoms with Crippen LogP contribution in [0, 0.1) is 28.6 Å². The van der Waals surface area contributed by atoms with Crippen molar-refractivity contribution in [3.8, 4) is 0 Å². The molecule has 0 heterocycles. The summed E-state index contributed by atoms with van der Waals surface area (Å²) < 4.78 is 4.70.